The van der Waals surface area contributed by atoms with Crippen LogP contribution in [0.2, 0.25) is 10.0 Å². The van der Waals surface area contributed by atoms with Gasteiger partial charge in [0.25, 0.3) is 0 Å². The molecule has 4 nitrogen and oxygen atoms in total. The van der Waals surface area contributed by atoms with Crippen LogP contribution in [-0.2, 0) is 0 Å². The van der Waals surface area contributed by atoms with Crippen LogP contribution in [0.1, 0.15) is 30.9 Å². The summed E-state index contributed by atoms with van der Waals surface area (Å²) in [4.78, 5) is 4.41. The second kappa shape index (κ2) is 9.21. The Morgan fingerprint density at radius 1 is 0.966 bits per heavy atom. The molecule has 0 saturated carbocycles. The van der Waals surface area contributed by atoms with E-state index in [1.165, 1.54) is 0 Å². The molecule has 0 bridgehead atoms. The van der Waals surface area contributed by atoms with Gasteiger partial charge in [0.15, 0.2) is 5.75 Å². The summed E-state index contributed by atoms with van der Waals surface area (Å²) in [5, 5.41) is 0.693. The van der Waals surface area contributed by atoms with E-state index in [0.29, 0.717) is 33.1 Å². The zero-order chi connectivity index (χ0) is 21.0. The fourth-order valence-corrected chi connectivity index (χ4v) is 3.42. The van der Waals surface area contributed by atoms with Crippen LogP contribution in [0.3, 0.4) is 0 Å². The first-order chi connectivity index (χ1) is 13.9. The standard InChI is InChI=1S/C23H22Cl2N2O2/c1-14(2)18-13-17(9-10-21(18)28-3)29-22-19(24)11-16(12-20(22)25)27-23(26)15-7-5-4-6-8-15/h4-14H,1-3H3,(H2,26,27). The lowest BCUT2D eigenvalue weighted by Crippen LogP contribution is -2.12. The van der Waals surface area contributed by atoms with Crippen LogP contribution in [0.15, 0.2) is 65.7 Å². The largest absolute Gasteiger partial charge is 0.496 e. The molecule has 0 heterocycles. The van der Waals surface area contributed by atoms with Crippen molar-refractivity contribution >= 4 is 34.7 Å². The lowest BCUT2D eigenvalue weighted by molar-refractivity contribution is 0.405. The van der Waals surface area contributed by atoms with Crippen molar-refractivity contribution in [2.75, 3.05) is 7.11 Å². The number of rotatable bonds is 6. The molecule has 0 aliphatic rings. The van der Waals surface area contributed by atoms with Crippen molar-refractivity contribution in [3.8, 4) is 17.2 Å². The van der Waals surface area contributed by atoms with E-state index in [1.807, 2.05) is 48.5 Å². The number of halogens is 2. The summed E-state index contributed by atoms with van der Waals surface area (Å²) in [6.07, 6.45) is 0. The van der Waals surface area contributed by atoms with E-state index in [2.05, 4.69) is 18.8 Å². The normalized spacial score (nSPS) is 11.6. The molecule has 3 rings (SSSR count). The number of hydrogen-bond acceptors (Lipinski definition) is 3. The zero-order valence-corrected chi connectivity index (χ0v) is 18.0. The molecule has 6 heteroatoms. The van der Waals surface area contributed by atoms with Crippen LogP contribution in [-0.4, -0.2) is 12.9 Å². The molecule has 0 aliphatic heterocycles. The lowest BCUT2D eigenvalue weighted by Gasteiger charge is -2.15. The minimum atomic E-state index is 0.275. The summed E-state index contributed by atoms with van der Waals surface area (Å²) in [5.41, 5.74) is 8.48. The molecular weight excluding hydrogens is 407 g/mol. The van der Waals surface area contributed by atoms with Crippen LogP contribution in [0.25, 0.3) is 0 Å². The van der Waals surface area contributed by atoms with Crippen molar-refractivity contribution in [3.63, 3.8) is 0 Å². The predicted molar refractivity (Wildman–Crippen MR) is 120 cm³/mol. The molecular formula is C23H22Cl2N2O2. The number of amidine groups is 1. The molecule has 0 amide bonds. The lowest BCUT2D eigenvalue weighted by atomic mass is 10.0. The topological polar surface area (TPSA) is 56.8 Å². The van der Waals surface area contributed by atoms with Gasteiger partial charge in [0.1, 0.15) is 17.3 Å². The van der Waals surface area contributed by atoms with E-state index < -0.39 is 0 Å². The number of nitrogens with zero attached hydrogens (tertiary/aromatic N) is 1. The Morgan fingerprint density at radius 2 is 1.62 bits per heavy atom. The highest BCUT2D eigenvalue weighted by atomic mass is 35.5. The summed E-state index contributed by atoms with van der Waals surface area (Å²) in [6, 6.07) is 18.4. The van der Waals surface area contributed by atoms with E-state index in [-0.39, 0.29) is 5.92 Å². The molecule has 0 radical (unpaired) electrons. The van der Waals surface area contributed by atoms with Gasteiger partial charge in [0, 0.05) is 11.1 Å². The Bertz CT molecular complexity index is 1010. The van der Waals surface area contributed by atoms with Crippen molar-refractivity contribution < 1.29 is 9.47 Å². The van der Waals surface area contributed by atoms with E-state index in [9.17, 15) is 0 Å². The molecule has 3 aromatic carbocycles. The quantitative estimate of drug-likeness (QED) is 0.341. The van der Waals surface area contributed by atoms with Crippen LogP contribution in [0, 0.1) is 0 Å². The van der Waals surface area contributed by atoms with E-state index >= 15 is 0 Å². The third-order valence-corrected chi connectivity index (χ3v) is 4.91. The number of nitrogens with two attached hydrogens (primary N) is 1. The summed E-state index contributed by atoms with van der Waals surface area (Å²) < 4.78 is 11.4. The molecule has 2 N–H and O–H groups in total. The molecule has 0 aromatic heterocycles. The van der Waals surface area contributed by atoms with E-state index in [4.69, 9.17) is 38.4 Å². The Labute approximate surface area is 180 Å². The molecule has 0 atom stereocenters. The predicted octanol–water partition coefficient (Wildman–Crippen LogP) is 6.95. The van der Waals surface area contributed by atoms with Crippen LogP contribution < -0.4 is 15.2 Å². The minimum absolute atomic E-state index is 0.275. The zero-order valence-electron chi connectivity index (χ0n) is 16.4. The van der Waals surface area contributed by atoms with Gasteiger partial charge in [-0.05, 0) is 36.2 Å². The third-order valence-electron chi connectivity index (χ3n) is 4.35. The van der Waals surface area contributed by atoms with Gasteiger partial charge in [-0.1, -0.05) is 67.4 Å². The van der Waals surface area contributed by atoms with Crippen LogP contribution >= 0.6 is 23.2 Å². The van der Waals surface area contributed by atoms with Crippen molar-refractivity contribution in [2.45, 2.75) is 19.8 Å². The summed E-state index contributed by atoms with van der Waals surface area (Å²) >= 11 is 12.9. The average molecular weight is 429 g/mol. The fourth-order valence-electron chi connectivity index (χ4n) is 2.87. The average Bonchev–Trinajstić information content (AvgIpc) is 2.71. The maximum absolute atomic E-state index is 6.43. The van der Waals surface area contributed by atoms with E-state index in [1.54, 1.807) is 19.2 Å². The summed E-state index contributed by atoms with van der Waals surface area (Å²) in [7, 11) is 1.65. The Hall–Kier alpha value is -2.69. The van der Waals surface area contributed by atoms with E-state index in [0.717, 1.165) is 16.9 Å². The molecule has 29 heavy (non-hydrogen) atoms. The maximum atomic E-state index is 6.43. The second-order valence-electron chi connectivity index (χ2n) is 6.76. The fraction of sp³-hybridized carbons (Fsp3) is 0.174. The van der Waals surface area contributed by atoms with Gasteiger partial charge < -0.3 is 15.2 Å². The van der Waals surface area contributed by atoms with Crippen molar-refractivity contribution in [1.29, 1.82) is 0 Å². The van der Waals surface area contributed by atoms with Crippen molar-refractivity contribution in [3.05, 3.63) is 81.8 Å². The number of benzene rings is 3. The first kappa shape index (κ1) is 21.0. The van der Waals surface area contributed by atoms with Crippen LogP contribution in [0.5, 0.6) is 17.2 Å². The van der Waals surface area contributed by atoms with Gasteiger partial charge in [-0.2, -0.15) is 0 Å². The van der Waals surface area contributed by atoms with Gasteiger partial charge >= 0.3 is 0 Å². The van der Waals surface area contributed by atoms with Gasteiger partial charge in [0.05, 0.1) is 22.8 Å². The van der Waals surface area contributed by atoms with Gasteiger partial charge in [-0.3, -0.25) is 0 Å². The number of hydrogen-bond donors (Lipinski definition) is 1. The van der Waals surface area contributed by atoms with Gasteiger partial charge in [-0.25, -0.2) is 4.99 Å². The highest BCUT2D eigenvalue weighted by Crippen LogP contribution is 2.41. The number of ether oxygens (including phenoxy) is 2. The number of methoxy groups -OCH3 is 1. The summed E-state index contributed by atoms with van der Waals surface area (Å²) in [6.45, 7) is 4.18. The first-order valence-electron chi connectivity index (χ1n) is 9.13. The SMILES string of the molecule is COc1ccc(Oc2c(Cl)cc(N=C(N)c3ccccc3)cc2Cl)cc1C(C)C. The molecule has 150 valence electrons. The summed E-state index contributed by atoms with van der Waals surface area (Å²) in [5.74, 6) is 2.45. The van der Waals surface area contributed by atoms with Gasteiger partial charge in [-0.15, -0.1) is 0 Å². The Balaban J connectivity index is 1.90. The highest BCUT2D eigenvalue weighted by molar-refractivity contribution is 6.37. The Morgan fingerprint density at radius 3 is 2.21 bits per heavy atom. The van der Waals surface area contributed by atoms with Crippen molar-refractivity contribution in [2.24, 2.45) is 10.7 Å². The van der Waals surface area contributed by atoms with Gasteiger partial charge in [0.2, 0.25) is 0 Å². The molecule has 0 spiro atoms. The highest BCUT2D eigenvalue weighted by Gasteiger charge is 2.14. The maximum Gasteiger partial charge on any atom is 0.164 e. The second-order valence-corrected chi connectivity index (χ2v) is 7.58. The monoisotopic (exact) mass is 428 g/mol. The van der Waals surface area contributed by atoms with Crippen molar-refractivity contribution in [1.82, 2.24) is 0 Å². The number of aliphatic imine (C=N–C) groups is 1. The molecule has 0 aliphatic carbocycles. The third kappa shape index (κ3) is 5.03. The molecule has 3 aromatic rings. The molecule has 0 fully saturated rings. The minimum Gasteiger partial charge on any atom is -0.496 e. The molecule has 0 unspecified atom stereocenters. The first-order valence-corrected chi connectivity index (χ1v) is 9.89. The van der Waals surface area contributed by atoms with Crippen LogP contribution in [0.4, 0.5) is 5.69 Å². The smallest absolute Gasteiger partial charge is 0.164 e. The Kier molecular flexibility index (Phi) is 6.68. The molecule has 0 saturated heterocycles.